The molecule has 82 heavy (non-hydrogen) atoms. The molecule has 430 valence electrons. The molecule has 2 saturated heterocycles. The zero-order valence-corrected chi connectivity index (χ0v) is 50.6. The van der Waals surface area contributed by atoms with Crippen LogP contribution in [0.2, 0.25) is 5.02 Å². The Bertz CT molecular complexity index is 3450. The van der Waals surface area contributed by atoms with Crippen molar-refractivity contribution >= 4 is 76.2 Å². The van der Waals surface area contributed by atoms with Gasteiger partial charge in [-0.15, -0.1) is 32.9 Å². The van der Waals surface area contributed by atoms with Crippen molar-refractivity contribution in [2.45, 2.75) is 156 Å². The van der Waals surface area contributed by atoms with Crippen LogP contribution >= 0.6 is 34.3 Å². The van der Waals surface area contributed by atoms with Gasteiger partial charge in [0.15, 0.2) is 5.82 Å². The van der Waals surface area contributed by atoms with Gasteiger partial charge in [-0.3, -0.25) is 28.7 Å². The average Bonchev–Trinajstić information content (AvgIpc) is 3.81. The number of thiazole rings is 1. The Labute approximate surface area is 493 Å². The van der Waals surface area contributed by atoms with Crippen molar-refractivity contribution in [2.75, 3.05) is 13.1 Å². The number of aryl methyl sites for hydroxylation is 4. The fourth-order valence-corrected chi connectivity index (χ4v) is 15.5. The van der Waals surface area contributed by atoms with Crippen LogP contribution in [-0.2, 0) is 41.5 Å². The summed E-state index contributed by atoms with van der Waals surface area (Å²) >= 11 is 9.59. The second-order valence-corrected chi connectivity index (χ2v) is 27.3. The molecule has 3 aromatic heterocycles. The Morgan fingerprint density at radius 3 is 2.39 bits per heavy atom. The predicted octanol–water partition coefficient (Wildman–Crippen LogP) is 8.88. The van der Waals surface area contributed by atoms with Gasteiger partial charge in [-0.25, -0.2) is 4.98 Å². The van der Waals surface area contributed by atoms with Gasteiger partial charge in [0.1, 0.15) is 29.0 Å². The predicted molar refractivity (Wildman–Crippen MR) is 321 cm³/mol. The second kappa shape index (κ2) is 22.8. The van der Waals surface area contributed by atoms with E-state index in [4.69, 9.17) is 25.9 Å². The quantitative estimate of drug-likeness (QED) is 0.0505. The third-order valence-electron chi connectivity index (χ3n) is 18.2. The number of halogens is 1. The maximum absolute atomic E-state index is 14.5. The first-order valence-electron chi connectivity index (χ1n) is 28.7. The summed E-state index contributed by atoms with van der Waals surface area (Å²) in [5.41, 5.74) is 9.12. The smallest absolute Gasteiger partial charge is 0.401 e. The molecule has 0 radical (unpaired) electrons. The standard InChI is InChI=1S/C62H73BClN9O7S2/c1-34-36(3)82-59-52(34)53(40-19-22-43(64)23-20-40)68-46(56-71-70-37(4)73(56)59)30-51(76)65-26-12-25-62-48-27-42(61(48,8)9)28-49(62)79-63(80-62)45-14-11-10-13-39(45)21-24-50(75)69-55(60(5,6)7)58(78)72-32-44(74)29-47(72)57(77)66-31-38-15-17-41(18-16-38)54-35(2)67-33-81-54/h10-11,13-20,22-23,33,42,44,46-49,55,74H,12,21,24-32H2,1-9H3,(H,65,76)(H,66,77)(H,69,75)/t42-,44-,46+,47+,48-,49+,55-,62-/m1/s1. The second-order valence-electron chi connectivity index (χ2n) is 24.8. The third-order valence-corrected chi connectivity index (χ3v) is 20.6. The molecule has 3 aromatic carbocycles. The Balaban J connectivity index is 0.727. The summed E-state index contributed by atoms with van der Waals surface area (Å²) in [4.78, 5) is 69.7. The van der Waals surface area contributed by atoms with Crippen LogP contribution in [0.25, 0.3) is 15.4 Å². The van der Waals surface area contributed by atoms with E-state index < -0.39 is 48.3 Å². The summed E-state index contributed by atoms with van der Waals surface area (Å²) in [6.45, 7) is 19.1. The summed E-state index contributed by atoms with van der Waals surface area (Å²) in [6.07, 6.45) is 2.89. The number of likely N-dealkylation sites (tertiary alicyclic amines) is 1. The number of β-amino-alcohol motifs (C(OH)–C–C–N with tert-alkyl or cyclic N) is 1. The zero-order valence-electron chi connectivity index (χ0n) is 48.2. The van der Waals surface area contributed by atoms with E-state index in [0.717, 1.165) is 78.8 Å². The van der Waals surface area contributed by atoms with E-state index in [0.29, 0.717) is 42.6 Å². The number of carbonyl (C=O) groups is 4. The minimum Gasteiger partial charge on any atom is -0.401 e. The summed E-state index contributed by atoms with van der Waals surface area (Å²) in [7, 11) is -0.658. The number of aromatic nitrogens is 4. The first-order chi connectivity index (χ1) is 39.1. The normalized spacial score (nSPS) is 23.7. The zero-order chi connectivity index (χ0) is 58.0. The molecule has 12 rings (SSSR count). The van der Waals surface area contributed by atoms with Crippen molar-refractivity contribution in [1.29, 1.82) is 0 Å². The van der Waals surface area contributed by atoms with Gasteiger partial charge in [-0.05, 0) is 122 Å². The minimum atomic E-state index is -0.963. The van der Waals surface area contributed by atoms with Crippen molar-refractivity contribution < 1.29 is 33.6 Å². The monoisotopic (exact) mass is 1170 g/mol. The van der Waals surface area contributed by atoms with Gasteiger partial charge in [0, 0.05) is 53.5 Å². The lowest BCUT2D eigenvalue weighted by molar-refractivity contribution is -0.210. The topological polar surface area (TPSA) is 202 Å². The van der Waals surface area contributed by atoms with Crippen LogP contribution in [0.3, 0.4) is 0 Å². The summed E-state index contributed by atoms with van der Waals surface area (Å²) < 4.78 is 16.3. The summed E-state index contributed by atoms with van der Waals surface area (Å²) in [5.74, 6) is 0.907. The van der Waals surface area contributed by atoms with Crippen LogP contribution in [0, 0.1) is 50.4 Å². The number of amides is 4. The van der Waals surface area contributed by atoms with Gasteiger partial charge in [-0.1, -0.05) is 107 Å². The molecule has 16 nitrogen and oxygen atoms in total. The van der Waals surface area contributed by atoms with Crippen molar-refractivity contribution in [3.63, 3.8) is 0 Å². The maximum Gasteiger partial charge on any atom is 0.494 e. The fraction of sp³-hybridized carbons (Fsp3) is 0.484. The number of nitrogens with one attached hydrogen (secondary N) is 3. The van der Waals surface area contributed by atoms with Crippen LogP contribution in [0.4, 0.5) is 0 Å². The van der Waals surface area contributed by atoms with Gasteiger partial charge >= 0.3 is 7.12 Å². The van der Waals surface area contributed by atoms with E-state index in [-0.39, 0.29) is 67.5 Å². The van der Waals surface area contributed by atoms with E-state index in [2.05, 4.69) is 63.4 Å². The van der Waals surface area contributed by atoms with Gasteiger partial charge in [0.25, 0.3) is 0 Å². The molecule has 6 aliphatic rings. The molecule has 4 N–H and O–H groups in total. The van der Waals surface area contributed by atoms with Crippen LogP contribution in [0.5, 0.6) is 0 Å². The number of thiophene rings is 1. The molecule has 6 aromatic rings. The third kappa shape index (κ3) is 11.0. The molecule has 0 unspecified atom stereocenters. The molecule has 4 amide bonds. The molecular weight excluding hydrogens is 1090 g/mol. The number of benzene rings is 3. The van der Waals surface area contributed by atoms with Gasteiger partial charge in [0.05, 0.1) is 46.0 Å². The Hall–Kier alpha value is -6.09. The Morgan fingerprint density at radius 2 is 1.67 bits per heavy atom. The van der Waals surface area contributed by atoms with Crippen molar-refractivity contribution in [2.24, 2.45) is 27.7 Å². The van der Waals surface area contributed by atoms with E-state index in [1.807, 2.05) is 113 Å². The van der Waals surface area contributed by atoms with Gasteiger partial charge < -0.3 is 35.3 Å². The van der Waals surface area contributed by atoms with E-state index in [1.54, 1.807) is 22.7 Å². The number of fused-ring (bicyclic) bond motifs is 3. The Morgan fingerprint density at radius 1 is 0.927 bits per heavy atom. The largest absolute Gasteiger partial charge is 0.494 e. The van der Waals surface area contributed by atoms with Crippen LogP contribution in [-0.4, -0.2) is 109 Å². The van der Waals surface area contributed by atoms with Gasteiger partial charge in [0.2, 0.25) is 23.6 Å². The molecule has 2 bridgehead atoms. The Kier molecular flexibility index (Phi) is 16.1. The number of nitrogens with zero attached hydrogens (tertiary/aromatic N) is 6. The molecule has 5 fully saturated rings. The summed E-state index contributed by atoms with van der Waals surface area (Å²) in [5, 5.41) is 30.8. The average molecular weight is 1170 g/mol. The van der Waals surface area contributed by atoms with Crippen LogP contribution in [0.15, 0.2) is 83.3 Å². The van der Waals surface area contributed by atoms with E-state index in [1.165, 1.54) is 9.78 Å². The highest BCUT2D eigenvalue weighted by Crippen LogP contribution is 2.67. The van der Waals surface area contributed by atoms with Gasteiger partial charge in [-0.2, -0.15) is 0 Å². The lowest BCUT2D eigenvalue weighted by Crippen LogP contribution is -2.66. The molecule has 8 atom stereocenters. The van der Waals surface area contributed by atoms with Crippen molar-refractivity contribution in [3.05, 3.63) is 133 Å². The van der Waals surface area contributed by atoms with Crippen molar-refractivity contribution in [3.8, 4) is 15.4 Å². The van der Waals surface area contributed by atoms with Crippen molar-refractivity contribution in [1.82, 2.24) is 40.6 Å². The van der Waals surface area contributed by atoms with Crippen LogP contribution in [0.1, 0.15) is 136 Å². The molecule has 20 heteroatoms. The molecule has 3 aliphatic heterocycles. The number of rotatable bonds is 17. The lowest BCUT2D eigenvalue weighted by Gasteiger charge is -2.65. The van der Waals surface area contributed by atoms with Crippen LogP contribution < -0.4 is 21.4 Å². The SMILES string of the molecule is Cc1ncsc1-c1ccc(CNC(=O)[C@@H]2C[C@@H](O)CN2C(=O)[C@@H](NC(=O)CCc2ccccc2B2O[C@H]3C[C@H]4C[C@H](C4(C)C)[C@@]3(CCCNC(=O)C[C@@H]3N=C(c4ccc(Cl)cc4)c4c(sc(C)c4C)-n4c(C)nnc43)O2)C(C)(C)C)cc1. The molecule has 6 heterocycles. The van der Waals surface area contributed by atoms with E-state index >= 15 is 0 Å². The molecular formula is C62H73BClN9O7S2. The number of aliphatic hydroxyl groups excluding tert-OH is 1. The molecule has 0 spiro atoms. The highest BCUT2D eigenvalue weighted by molar-refractivity contribution is 7.15. The first kappa shape index (κ1) is 57.7. The molecule has 3 aliphatic carbocycles. The molecule has 3 saturated carbocycles. The highest BCUT2D eigenvalue weighted by Gasteiger charge is 2.69. The number of aliphatic hydroxyl groups is 1. The maximum atomic E-state index is 14.5. The fourth-order valence-electron chi connectivity index (χ4n) is 13.4. The number of carbonyl (C=O) groups excluding carboxylic acids is 4. The number of aliphatic imine (C=N–C) groups is 1. The van der Waals surface area contributed by atoms with E-state index in [9.17, 15) is 24.3 Å². The minimum absolute atomic E-state index is 0.0158. The number of hydrogen-bond donors (Lipinski definition) is 4. The first-order valence-corrected chi connectivity index (χ1v) is 30.8. The number of hydrogen-bond acceptors (Lipinski definition) is 13. The highest BCUT2D eigenvalue weighted by atomic mass is 35.5. The lowest BCUT2D eigenvalue weighted by atomic mass is 9.42. The summed E-state index contributed by atoms with van der Waals surface area (Å²) in [6, 6.07) is 21.1.